The predicted molar refractivity (Wildman–Crippen MR) is 126 cm³/mol. The van der Waals surface area contributed by atoms with E-state index < -0.39 is 0 Å². The van der Waals surface area contributed by atoms with E-state index in [1.165, 1.54) is 0 Å². The third-order valence-electron chi connectivity index (χ3n) is 6.01. The van der Waals surface area contributed by atoms with E-state index in [4.69, 9.17) is 13.9 Å². The summed E-state index contributed by atoms with van der Waals surface area (Å²) in [4.78, 5) is 29.7. The van der Waals surface area contributed by atoms with Crippen molar-refractivity contribution in [2.75, 3.05) is 27.3 Å². The first-order valence-corrected chi connectivity index (χ1v) is 11.9. The standard InChI is InChI=1S/C26H36N2O5/c1-4-5-6-9-25(29)28(21-11-12-21)19-26(30)27(18-22-8-7-16-33-22)15-14-20-10-13-23(31-2)24(17-20)32-3/h7-8,10,13,16-17,21H,4-6,9,11-12,14-15,18-19H2,1-3H3. The number of hydrogen-bond donors (Lipinski definition) is 0. The minimum atomic E-state index is -0.0531. The number of nitrogens with zero attached hydrogens (tertiary/aromatic N) is 2. The Bertz CT molecular complexity index is 892. The molecule has 180 valence electrons. The van der Waals surface area contributed by atoms with Crippen molar-refractivity contribution in [2.24, 2.45) is 0 Å². The van der Waals surface area contributed by atoms with E-state index in [1.54, 1.807) is 30.3 Å². The van der Waals surface area contributed by atoms with E-state index >= 15 is 0 Å². The van der Waals surface area contributed by atoms with Crippen LogP contribution in [-0.4, -0.2) is 55.0 Å². The Morgan fingerprint density at radius 2 is 1.85 bits per heavy atom. The fourth-order valence-corrected chi connectivity index (χ4v) is 3.91. The van der Waals surface area contributed by atoms with Gasteiger partial charge in [0, 0.05) is 19.0 Å². The van der Waals surface area contributed by atoms with Crippen LogP contribution in [0.4, 0.5) is 0 Å². The number of ether oxygens (including phenoxy) is 2. The zero-order valence-corrected chi connectivity index (χ0v) is 20.0. The predicted octanol–water partition coefficient (Wildman–Crippen LogP) is 4.44. The number of unbranched alkanes of at least 4 members (excludes halogenated alkanes) is 2. The summed E-state index contributed by atoms with van der Waals surface area (Å²) in [6, 6.07) is 9.67. The molecule has 2 aromatic rings. The Morgan fingerprint density at radius 1 is 1.06 bits per heavy atom. The number of hydrogen-bond acceptors (Lipinski definition) is 5. The van der Waals surface area contributed by atoms with Gasteiger partial charge in [0.25, 0.3) is 0 Å². The van der Waals surface area contributed by atoms with Gasteiger partial charge >= 0.3 is 0 Å². The Balaban J connectivity index is 1.67. The zero-order valence-electron chi connectivity index (χ0n) is 20.0. The fourth-order valence-electron chi connectivity index (χ4n) is 3.91. The van der Waals surface area contributed by atoms with Crippen molar-refractivity contribution in [3.8, 4) is 11.5 Å². The SMILES string of the molecule is CCCCCC(=O)N(CC(=O)N(CCc1ccc(OC)c(OC)c1)Cc1ccco1)C1CC1. The molecular weight excluding hydrogens is 420 g/mol. The Hall–Kier alpha value is -2.96. The Morgan fingerprint density at radius 3 is 2.48 bits per heavy atom. The number of furan rings is 1. The van der Waals surface area contributed by atoms with Crippen LogP contribution in [0.25, 0.3) is 0 Å². The molecule has 0 spiro atoms. The van der Waals surface area contributed by atoms with Crippen LogP contribution in [0.1, 0.15) is 56.8 Å². The maximum absolute atomic E-state index is 13.3. The maximum atomic E-state index is 13.3. The van der Waals surface area contributed by atoms with Gasteiger partial charge in [0.1, 0.15) is 12.3 Å². The molecule has 0 atom stereocenters. The molecule has 1 aromatic heterocycles. The lowest BCUT2D eigenvalue weighted by molar-refractivity contribution is -0.141. The van der Waals surface area contributed by atoms with Crippen LogP contribution >= 0.6 is 0 Å². The van der Waals surface area contributed by atoms with E-state index in [0.717, 1.165) is 43.4 Å². The summed E-state index contributed by atoms with van der Waals surface area (Å²) in [7, 11) is 3.22. The molecule has 33 heavy (non-hydrogen) atoms. The first kappa shape index (κ1) is 24.7. The normalized spacial score (nSPS) is 12.9. The molecule has 0 saturated heterocycles. The van der Waals surface area contributed by atoms with Gasteiger partial charge in [-0.1, -0.05) is 25.8 Å². The van der Waals surface area contributed by atoms with Crippen LogP contribution < -0.4 is 9.47 Å². The van der Waals surface area contributed by atoms with E-state index in [9.17, 15) is 9.59 Å². The van der Waals surface area contributed by atoms with Crippen molar-refractivity contribution in [3.05, 3.63) is 47.9 Å². The summed E-state index contributed by atoms with van der Waals surface area (Å²) < 4.78 is 16.2. The summed E-state index contributed by atoms with van der Waals surface area (Å²) in [6.45, 7) is 3.14. The number of rotatable bonds is 14. The Kier molecular flexibility index (Phi) is 9.22. The lowest BCUT2D eigenvalue weighted by Crippen LogP contribution is -2.44. The van der Waals surface area contributed by atoms with E-state index in [1.807, 2.05) is 30.3 Å². The first-order chi connectivity index (χ1) is 16.0. The van der Waals surface area contributed by atoms with E-state index in [0.29, 0.717) is 37.4 Å². The van der Waals surface area contributed by atoms with Crippen LogP contribution in [0.15, 0.2) is 41.0 Å². The van der Waals surface area contributed by atoms with Gasteiger partial charge in [-0.25, -0.2) is 0 Å². The second-order valence-corrected chi connectivity index (χ2v) is 8.54. The molecule has 7 nitrogen and oxygen atoms in total. The monoisotopic (exact) mass is 456 g/mol. The molecule has 0 aliphatic heterocycles. The van der Waals surface area contributed by atoms with Gasteiger partial charge in [0.15, 0.2) is 11.5 Å². The largest absolute Gasteiger partial charge is 0.493 e. The molecule has 7 heteroatoms. The van der Waals surface area contributed by atoms with Gasteiger partial charge in [-0.3, -0.25) is 9.59 Å². The molecule has 0 unspecified atom stereocenters. The molecule has 0 bridgehead atoms. The van der Waals surface area contributed by atoms with Gasteiger partial charge in [-0.2, -0.15) is 0 Å². The summed E-state index contributed by atoms with van der Waals surface area (Å²) >= 11 is 0. The minimum Gasteiger partial charge on any atom is -0.493 e. The highest BCUT2D eigenvalue weighted by Gasteiger charge is 2.34. The van der Waals surface area contributed by atoms with Crippen molar-refractivity contribution >= 4 is 11.8 Å². The summed E-state index contributed by atoms with van der Waals surface area (Å²) in [6.07, 6.45) is 7.73. The van der Waals surface area contributed by atoms with Crippen LogP contribution in [0.3, 0.4) is 0 Å². The lowest BCUT2D eigenvalue weighted by Gasteiger charge is -2.27. The summed E-state index contributed by atoms with van der Waals surface area (Å²) in [5.74, 6) is 2.10. The van der Waals surface area contributed by atoms with Crippen molar-refractivity contribution in [1.29, 1.82) is 0 Å². The minimum absolute atomic E-state index is 0.0531. The van der Waals surface area contributed by atoms with Gasteiger partial charge < -0.3 is 23.7 Å². The van der Waals surface area contributed by atoms with Gasteiger partial charge in [-0.15, -0.1) is 0 Å². The maximum Gasteiger partial charge on any atom is 0.242 e. The average Bonchev–Trinajstić information content (AvgIpc) is 3.54. The van der Waals surface area contributed by atoms with Crippen molar-refractivity contribution < 1.29 is 23.5 Å². The Labute approximate surface area is 196 Å². The molecule has 1 heterocycles. The smallest absolute Gasteiger partial charge is 0.242 e. The van der Waals surface area contributed by atoms with E-state index in [-0.39, 0.29) is 24.4 Å². The number of carbonyl (C=O) groups excluding carboxylic acids is 2. The quantitative estimate of drug-likeness (QED) is 0.393. The van der Waals surface area contributed by atoms with Gasteiger partial charge in [-0.05, 0) is 55.5 Å². The highest BCUT2D eigenvalue weighted by molar-refractivity contribution is 5.85. The van der Waals surface area contributed by atoms with Crippen LogP contribution in [0, 0.1) is 0 Å². The lowest BCUT2D eigenvalue weighted by atomic mass is 10.1. The topological polar surface area (TPSA) is 72.2 Å². The average molecular weight is 457 g/mol. The number of benzene rings is 1. The fraction of sp³-hybridized carbons (Fsp3) is 0.538. The third-order valence-corrected chi connectivity index (χ3v) is 6.01. The summed E-state index contributed by atoms with van der Waals surface area (Å²) in [5, 5.41) is 0. The summed E-state index contributed by atoms with van der Waals surface area (Å²) in [5.41, 5.74) is 1.04. The van der Waals surface area contributed by atoms with Crippen LogP contribution in [-0.2, 0) is 22.6 Å². The highest BCUT2D eigenvalue weighted by Crippen LogP contribution is 2.29. The molecule has 0 N–H and O–H groups in total. The molecule has 3 rings (SSSR count). The van der Waals surface area contributed by atoms with Crippen molar-refractivity contribution in [1.82, 2.24) is 9.80 Å². The van der Waals surface area contributed by atoms with Gasteiger partial charge in [0.2, 0.25) is 11.8 Å². The molecule has 1 aromatic carbocycles. The number of methoxy groups -OCH3 is 2. The highest BCUT2D eigenvalue weighted by atomic mass is 16.5. The molecule has 1 fully saturated rings. The number of amides is 2. The molecule has 1 aliphatic carbocycles. The second-order valence-electron chi connectivity index (χ2n) is 8.54. The molecular formula is C26H36N2O5. The van der Waals surface area contributed by atoms with Crippen molar-refractivity contribution in [2.45, 2.75) is 64.5 Å². The third kappa shape index (κ3) is 7.27. The zero-order chi connectivity index (χ0) is 23.6. The van der Waals surface area contributed by atoms with Gasteiger partial charge in [0.05, 0.1) is 27.0 Å². The first-order valence-electron chi connectivity index (χ1n) is 11.9. The molecule has 0 radical (unpaired) electrons. The van der Waals surface area contributed by atoms with Crippen LogP contribution in [0.2, 0.25) is 0 Å². The van der Waals surface area contributed by atoms with Crippen LogP contribution in [0.5, 0.6) is 11.5 Å². The molecule has 1 aliphatic rings. The number of carbonyl (C=O) groups is 2. The molecule has 2 amide bonds. The van der Waals surface area contributed by atoms with E-state index in [2.05, 4.69) is 6.92 Å². The second kappa shape index (κ2) is 12.3. The molecule has 1 saturated carbocycles. The van der Waals surface area contributed by atoms with Crippen molar-refractivity contribution in [3.63, 3.8) is 0 Å².